The largest absolute Gasteiger partial charge is 0.508 e. The highest BCUT2D eigenvalue weighted by Crippen LogP contribution is 2.35. The van der Waals surface area contributed by atoms with Crippen LogP contribution in [0.25, 0.3) is 21.9 Å². The fraction of sp³-hybridized carbons (Fsp3) is 0.480. The number of aliphatic hydroxyl groups is 6. The first-order valence-corrected chi connectivity index (χ1v) is 12.1. The van der Waals surface area contributed by atoms with Gasteiger partial charge >= 0.3 is 0 Å². The summed E-state index contributed by atoms with van der Waals surface area (Å²) in [5, 5.41) is 81.4. The van der Waals surface area contributed by atoms with Gasteiger partial charge in [-0.2, -0.15) is 0 Å². The third kappa shape index (κ3) is 4.91. The van der Waals surface area contributed by atoms with E-state index in [0.717, 1.165) is 6.07 Å². The summed E-state index contributed by atoms with van der Waals surface area (Å²) in [6, 6.07) is 6.20. The smallest absolute Gasteiger partial charge is 0.229 e. The lowest BCUT2D eigenvalue weighted by molar-refractivity contribution is -0.354. The molecule has 2 aliphatic heterocycles. The maximum atomic E-state index is 12.9. The average molecular weight is 552 g/mol. The number of hydrogen-bond acceptors (Lipinski definition) is 14. The third-order valence-electron chi connectivity index (χ3n) is 6.89. The molecule has 0 amide bonds. The van der Waals surface area contributed by atoms with Crippen molar-refractivity contribution in [2.45, 2.75) is 68.3 Å². The summed E-state index contributed by atoms with van der Waals surface area (Å²) in [6.07, 6.45) is -15.3. The van der Waals surface area contributed by atoms with Crippen molar-refractivity contribution < 1.29 is 64.2 Å². The molecular formula is C25H28O14. The van der Waals surface area contributed by atoms with E-state index < -0.39 is 79.2 Å². The van der Waals surface area contributed by atoms with Crippen LogP contribution < -0.4 is 10.2 Å². The van der Waals surface area contributed by atoms with Crippen LogP contribution in [-0.4, -0.2) is 109 Å². The van der Waals surface area contributed by atoms with Crippen LogP contribution >= 0.6 is 0 Å². The number of phenolic OH excluding ortho intramolecular Hbond substituents is 2. The zero-order chi connectivity index (χ0) is 28.2. The number of aliphatic hydroxyl groups excluding tert-OH is 6. The molecule has 39 heavy (non-hydrogen) atoms. The summed E-state index contributed by atoms with van der Waals surface area (Å²) < 4.78 is 28.2. The fourth-order valence-corrected chi connectivity index (χ4v) is 4.70. The van der Waals surface area contributed by atoms with E-state index >= 15 is 0 Å². The van der Waals surface area contributed by atoms with Crippen LogP contribution in [0.1, 0.15) is 6.92 Å². The molecule has 0 spiro atoms. The summed E-state index contributed by atoms with van der Waals surface area (Å²) in [5.74, 6) is -0.836. The minimum absolute atomic E-state index is 0.0333. The topological polar surface area (TPSA) is 229 Å². The molecule has 8 N–H and O–H groups in total. The molecule has 1 aromatic heterocycles. The Hall–Kier alpha value is -3.05. The van der Waals surface area contributed by atoms with Crippen molar-refractivity contribution in [3.05, 3.63) is 40.6 Å². The normalized spacial score (nSPS) is 35.4. The Morgan fingerprint density at radius 1 is 0.846 bits per heavy atom. The van der Waals surface area contributed by atoms with Gasteiger partial charge < -0.3 is 64.2 Å². The van der Waals surface area contributed by atoms with E-state index in [0.29, 0.717) is 0 Å². The molecule has 3 aromatic rings. The maximum Gasteiger partial charge on any atom is 0.229 e. The average Bonchev–Trinajstić information content (AvgIpc) is 2.90. The lowest BCUT2D eigenvalue weighted by Gasteiger charge is -2.45. The van der Waals surface area contributed by atoms with Gasteiger partial charge in [-0.1, -0.05) is 0 Å². The minimum atomic E-state index is -1.75. The van der Waals surface area contributed by atoms with Gasteiger partial charge in [-0.25, -0.2) is 0 Å². The lowest BCUT2D eigenvalue weighted by atomic mass is 9.97. The molecule has 0 unspecified atom stereocenters. The Morgan fingerprint density at radius 3 is 2.31 bits per heavy atom. The zero-order valence-electron chi connectivity index (χ0n) is 20.4. The van der Waals surface area contributed by atoms with E-state index in [1.54, 1.807) is 0 Å². The standard InChI is InChI=1S/C25H28O14/c1-8-17(29)20(32)22(34)24(35-8)39-23-21(33)19(31)15(7-26)38-25(23)36-10-5-12(28)16-14(6-10)37-13-3-2-9(27)4-11(13)18(16)30/h2-6,8,15,17,19-29,31-34H,7H2,1H3/t8-,15+,17-,19+,20+,21-,22+,23+,24-,25+/m0/s1. The van der Waals surface area contributed by atoms with Crippen molar-refractivity contribution >= 4 is 21.9 Å². The molecule has 14 heteroatoms. The molecule has 2 fully saturated rings. The van der Waals surface area contributed by atoms with Gasteiger partial charge in [-0.3, -0.25) is 4.79 Å². The Labute approximate surface area is 219 Å². The number of hydrogen-bond donors (Lipinski definition) is 8. The second-order valence-corrected chi connectivity index (χ2v) is 9.53. The van der Waals surface area contributed by atoms with Crippen LogP contribution in [0.2, 0.25) is 0 Å². The SMILES string of the molecule is C[C@@H]1O[C@@H](O[C@H]2[C@H](Oc3cc(O)c4c(=O)c5cc(O)ccc5oc4c3)O[C@H](CO)[C@@H](O)[C@@H]2O)[C@H](O)[C@H](O)[C@H]1O. The van der Waals surface area contributed by atoms with Gasteiger partial charge in [-0.15, -0.1) is 0 Å². The van der Waals surface area contributed by atoms with Gasteiger partial charge in [0.25, 0.3) is 0 Å². The molecule has 2 aliphatic rings. The van der Waals surface area contributed by atoms with Crippen LogP contribution in [0.4, 0.5) is 0 Å². The highest BCUT2D eigenvalue weighted by atomic mass is 16.8. The second kappa shape index (κ2) is 10.5. The van der Waals surface area contributed by atoms with Gasteiger partial charge in [-0.05, 0) is 25.1 Å². The molecule has 14 nitrogen and oxygen atoms in total. The molecule has 10 atom stereocenters. The fourth-order valence-electron chi connectivity index (χ4n) is 4.70. The van der Waals surface area contributed by atoms with Crippen molar-refractivity contribution in [2.24, 2.45) is 0 Å². The molecule has 0 radical (unpaired) electrons. The summed E-state index contributed by atoms with van der Waals surface area (Å²) in [7, 11) is 0. The lowest BCUT2D eigenvalue weighted by Crippen LogP contribution is -2.64. The zero-order valence-corrected chi connectivity index (χ0v) is 20.4. The number of rotatable bonds is 5. The molecule has 0 saturated carbocycles. The van der Waals surface area contributed by atoms with Crippen molar-refractivity contribution in [1.82, 2.24) is 0 Å². The number of phenols is 2. The van der Waals surface area contributed by atoms with Crippen molar-refractivity contribution in [1.29, 1.82) is 0 Å². The molecule has 212 valence electrons. The Balaban J connectivity index is 1.49. The van der Waals surface area contributed by atoms with Gasteiger partial charge in [0.1, 0.15) is 70.4 Å². The molecule has 0 bridgehead atoms. The van der Waals surface area contributed by atoms with Gasteiger partial charge in [0.05, 0.1) is 18.1 Å². The monoisotopic (exact) mass is 552 g/mol. The third-order valence-corrected chi connectivity index (χ3v) is 6.89. The summed E-state index contributed by atoms with van der Waals surface area (Å²) >= 11 is 0. The van der Waals surface area contributed by atoms with Crippen LogP contribution in [0.3, 0.4) is 0 Å². The van der Waals surface area contributed by atoms with Crippen molar-refractivity contribution in [3.63, 3.8) is 0 Å². The van der Waals surface area contributed by atoms with E-state index in [1.165, 1.54) is 31.2 Å². The van der Waals surface area contributed by atoms with E-state index in [1.807, 2.05) is 0 Å². The molecule has 3 heterocycles. The Morgan fingerprint density at radius 2 is 1.59 bits per heavy atom. The summed E-state index contributed by atoms with van der Waals surface area (Å²) in [6.45, 7) is 0.706. The molecule has 2 saturated heterocycles. The predicted molar refractivity (Wildman–Crippen MR) is 129 cm³/mol. The molecular weight excluding hydrogens is 524 g/mol. The molecule has 0 aliphatic carbocycles. The van der Waals surface area contributed by atoms with Crippen LogP contribution in [0.15, 0.2) is 39.5 Å². The quantitative estimate of drug-likeness (QED) is 0.167. The highest BCUT2D eigenvalue weighted by Gasteiger charge is 2.50. The van der Waals surface area contributed by atoms with Crippen LogP contribution in [-0.2, 0) is 14.2 Å². The Bertz CT molecular complexity index is 1410. The van der Waals surface area contributed by atoms with E-state index in [-0.39, 0.29) is 33.4 Å². The predicted octanol–water partition coefficient (Wildman–Crippen LogP) is -1.61. The first-order valence-electron chi connectivity index (χ1n) is 12.1. The number of benzene rings is 2. The summed E-state index contributed by atoms with van der Waals surface area (Å²) in [4.78, 5) is 12.9. The van der Waals surface area contributed by atoms with Gasteiger partial charge in [0.15, 0.2) is 12.4 Å². The summed E-state index contributed by atoms with van der Waals surface area (Å²) in [5.41, 5.74) is -0.578. The van der Waals surface area contributed by atoms with Crippen LogP contribution in [0, 0.1) is 0 Å². The van der Waals surface area contributed by atoms with E-state index in [4.69, 9.17) is 23.4 Å². The highest BCUT2D eigenvalue weighted by molar-refractivity contribution is 5.94. The number of aromatic hydroxyl groups is 2. The molecule has 5 rings (SSSR count). The Kier molecular flexibility index (Phi) is 7.41. The van der Waals surface area contributed by atoms with Crippen molar-refractivity contribution in [2.75, 3.05) is 6.61 Å². The van der Waals surface area contributed by atoms with E-state index in [9.17, 15) is 45.6 Å². The van der Waals surface area contributed by atoms with Crippen molar-refractivity contribution in [3.8, 4) is 17.2 Å². The number of ether oxygens (including phenoxy) is 4. The number of fused-ring (bicyclic) bond motifs is 2. The first-order chi connectivity index (χ1) is 18.5. The van der Waals surface area contributed by atoms with E-state index in [2.05, 4.69) is 0 Å². The van der Waals surface area contributed by atoms with Crippen LogP contribution in [0.5, 0.6) is 17.2 Å². The minimum Gasteiger partial charge on any atom is -0.508 e. The van der Waals surface area contributed by atoms with Gasteiger partial charge in [0, 0.05) is 12.1 Å². The first kappa shape index (κ1) is 27.5. The molecule has 2 aromatic carbocycles. The van der Waals surface area contributed by atoms with Gasteiger partial charge in [0.2, 0.25) is 11.7 Å². The maximum absolute atomic E-state index is 12.9. The second-order valence-electron chi connectivity index (χ2n) is 9.53.